The molecule has 3 N–H and O–H groups in total. The molecular formula is C9H8N6. The van der Waals surface area contributed by atoms with Gasteiger partial charge in [-0.2, -0.15) is 0 Å². The number of fused-ring (bicyclic) bond motifs is 1. The van der Waals surface area contributed by atoms with Gasteiger partial charge in [0.1, 0.15) is 5.69 Å². The third-order valence-electron chi connectivity index (χ3n) is 2.26. The Bertz CT molecular complexity index is 593. The van der Waals surface area contributed by atoms with Gasteiger partial charge in [0.05, 0.1) is 5.69 Å². The van der Waals surface area contributed by atoms with E-state index in [-0.39, 0.29) is 0 Å². The van der Waals surface area contributed by atoms with E-state index in [0.29, 0.717) is 11.3 Å². The fourth-order valence-electron chi connectivity index (χ4n) is 1.53. The number of aromatic amines is 1. The molecule has 2 heterocycles. The molecule has 6 nitrogen and oxygen atoms in total. The summed E-state index contributed by atoms with van der Waals surface area (Å²) in [6.07, 6.45) is 0. The maximum atomic E-state index is 5.92. The van der Waals surface area contributed by atoms with Crippen molar-refractivity contribution in [3.05, 3.63) is 30.3 Å². The number of anilines is 1. The van der Waals surface area contributed by atoms with Crippen LogP contribution in [-0.4, -0.2) is 25.3 Å². The van der Waals surface area contributed by atoms with Crippen molar-refractivity contribution in [2.75, 3.05) is 5.73 Å². The third-order valence-corrected chi connectivity index (χ3v) is 2.26. The molecule has 6 heteroatoms. The molecule has 0 amide bonds. The lowest BCUT2D eigenvalue weighted by atomic mass is 10.1. The van der Waals surface area contributed by atoms with Crippen LogP contribution in [0.2, 0.25) is 0 Å². The Morgan fingerprint density at radius 1 is 1.20 bits per heavy atom. The molecule has 0 bridgehead atoms. The minimum atomic E-state index is 0.550. The smallest absolute Gasteiger partial charge is 0.222 e. The van der Waals surface area contributed by atoms with Crippen LogP contribution < -0.4 is 5.73 Å². The number of nitrogens with zero attached hydrogens (tertiary/aromatic N) is 4. The van der Waals surface area contributed by atoms with Gasteiger partial charge in [0.15, 0.2) is 0 Å². The largest absolute Gasteiger partial charge is 0.394 e. The van der Waals surface area contributed by atoms with E-state index in [1.54, 1.807) is 0 Å². The monoisotopic (exact) mass is 200 g/mol. The standard InChI is InChI=1S/C9H8N6/c10-7-8(6-4-2-1-3-5-6)12-15-9(7)11-13-14-15/h1-5,12H,10H2. The highest BCUT2D eigenvalue weighted by atomic mass is 15.6. The van der Waals surface area contributed by atoms with Gasteiger partial charge >= 0.3 is 0 Å². The predicted molar refractivity (Wildman–Crippen MR) is 55.0 cm³/mol. The average Bonchev–Trinajstić information content (AvgIpc) is 2.83. The zero-order chi connectivity index (χ0) is 10.3. The van der Waals surface area contributed by atoms with Gasteiger partial charge in [-0.25, -0.2) is 0 Å². The molecule has 0 fully saturated rings. The molecule has 0 atom stereocenters. The Morgan fingerprint density at radius 3 is 2.73 bits per heavy atom. The number of nitrogen functional groups attached to an aromatic ring is 1. The normalized spacial score (nSPS) is 10.9. The van der Waals surface area contributed by atoms with Crippen LogP contribution in [0.3, 0.4) is 0 Å². The molecule has 3 rings (SSSR count). The van der Waals surface area contributed by atoms with Crippen LogP contribution in [0, 0.1) is 0 Å². The van der Waals surface area contributed by atoms with Crippen LogP contribution in [0.4, 0.5) is 5.69 Å². The minimum absolute atomic E-state index is 0.550. The van der Waals surface area contributed by atoms with Crippen molar-refractivity contribution >= 4 is 11.3 Å². The molecule has 0 aliphatic carbocycles. The first-order valence-electron chi connectivity index (χ1n) is 4.47. The summed E-state index contributed by atoms with van der Waals surface area (Å²) in [5.41, 5.74) is 8.85. The number of hydrogen-bond donors (Lipinski definition) is 2. The SMILES string of the molecule is Nc1c(-c2ccccc2)[nH]n2nnnc12. The van der Waals surface area contributed by atoms with E-state index in [4.69, 9.17) is 5.73 Å². The maximum Gasteiger partial charge on any atom is 0.222 e. The fourth-order valence-corrected chi connectivity index (χ4v) is 1.53. The highest BCUT2D eigenvalue weighted by molar-refractivity contribution is 5.82. The third kappa shape index (κ3) is 1.08. The molecule has 74 valence electrons. The zero-order valence-corrected chi connectivity index (χ0v) is 7.75. The Hall–Kier alpha value is -2.37. The van der Waals surface area contributed by atoms with Crippen molar-refractivity contribution in [2.24, 2.45) is 0 Å². The van der Waals surface area contributed by atoms with Crippen molar-refractivity contribution < 1.29 is 0 Å². The number of hydrogen-bond acceptors (Lipinski definition) is 4. The van der Waals surface area contributed by atoms with Crippen LogP contribution >= 0.6 is 0 Å². The lowest BCUT2D eigenvalue weighted by Crippen LogP contribution is -1.89. The topological polar surface area (TPSA) is 84.9 Å². The van der Waals surface area contributed by atoms with E-state index in [0.717, 1.165) is 11.3 Å². The lowest BCUT2D eigenvalue weighted by molar-refractivity contribution is 0.745. The van der Waals surface area contributed by atoms with Gasteiger partial charge < -0.3 is 5.73 Å². The first-order valence-corrected chi connectivity index (χ1v) is 4.47. The van der Waals surface area contributed by atoms with Gasteiger partial charge in [0, 0.05) is 5.56 Å². The molecule has 15 heavy (non-hydrogen) atoms. The first-order chi connectivity index (χ1) is 7.36. The second kappa shape index (κ2) is 2.81. The number of aromatic nitrogens is 5. The summed E-state index contributed by atoms with van der Waals surface area (Å²) in [6.45, 7) is 0. The number of benzene rings is 1. The van der Waals surface area contributed by atoms with Crippen molar-refractivity contribution in [1.29, 1.82) is 0 Å². The van der Waals surface area contributed by atoms with Crippen molar-refractivity contribution in [1.82, 2.24) is 25.3 Å². The van der Waals surface area contributed by atoms with Crippen LogP contribution in [0.1, 0.15) is 0 Å². The molecule has 1 aromatic carbocycles. The lowest BCUT2D eigenvalue weighted by Gasteiger charge is -1.97. The van der Waals surface area contributed by atoms with E-state index in [1.807, 2.05) is 30.3 Å². The van der Waals surface area contributed by atoms with Crippen LogP contribution in [0.5, 0.6) is 0 Å². The molecule has 0 aliphatic heterocycles. The fraction of sp³-hybridized carbons (Fsp3) is 0. The molecule has 0 saturated heterocycles. The molecule has 0 saturated carbocycles. The molecule has 0 unspecified atom stereocenters. The highest BCUT2D eigenvalue weighted by Gasteiger charge is 2.12. The molecule has 2 aromatic heterocycles. The number of H-pyrrole nitrogens is 1. The molecule has 0 aliphatic rings. The van der Waals surface area contributed by atoms with Crippen molar-refractivity contribution in [3.8, 4) is 11.3 Å². The molecular weight excluding hydrogens is 192 g/mol. The molecule has 0 spiro atoms. The van der Waals surface area contributed by atoms with Gasteiger partial charge in [-0.3, -0.25) is 5.10 Å². The molecule has 3 aromatic rings. The summed E-state index contributed by atoms with van der Waals surface area (Å²) in [4.78, 5) is 0. The molecule has 0 radical (unpaired) electrons. The second-order valence-corrected chi connectivity index (χ2v) is 3.18. The Kier molecular flexibility index (Phi) is 1.49. The number of nitrogens with two attached hydrogens (primary N) is 1. The van der Waals surface area contributed by atoms with Crippen molar-refractivity contribution in [2.45, 2.75) is 0 Å². The number of rotatable bonds is 1. The van der Waals surface area contributed by atoms with E-state index in [2.05, 4.69) is 20.6 Å². The predicted octanol–water partition coefficient (Wildman–Crippen LogP) is 0.702. The average molecular weight is 200 g/mol. The number of tetrazole rings is 1. The summed E-state index contributed by atoms with van der Waals surface area (Å²) in [5.74, 6) is 0. The van der Waals surface area contributed by atoms with Gasteiger partial charge in [-0.1, -0.05) is 30.3 Å². The summed E-state index contributed by atoms with van der Waals surface area (Å²) in [6, 6.07) is 9.78. The van der Waals surface area contributed by atoms with Gasteiger partial charge in [0.2, 0.25) is 5.65 Å². The van der Waals surface area contributed by atoms with Crippen LogP contribution in [0.15, 0.2) is 30.3 Å². The summed E-state index contributed by atoms with van der Waals surface area (Å²) < 4.78 is 1.46. The van der Waals surface area contributed by atoms with E-state index >= 15 is 0 Å². The Labute approximate surface area is 84.7 Å². The Balaban J connectivity index is 2.27. The zero-order valence-electron chi connectivity index (χ0n) is 7.75. The van der Waals surface area contributed by atoms with Gasteiger partial charge in [-0.15, -0.1) is 9.73 Å². The van der Waals surface area contributed by atoms with E-state index in [1.165, 1.54) is 4.63 Å². The minimum Gasteiger partial charge on any atom is -0.394 e. The highest BCUT2D eigenvalue weighted by Crippen LogP contribution is 2.25. The Morgan fingerprint density at radius 2 is 2.00 bits per heavy atom. The maximum absolute atomic E-state index is 5.92. The first kappa shape index (κ1) is 7.98. The van der Waals surface area contributed by atoms with Crippen molar-refractivity contribution in [3.63, 3.8) is 0 Å². The quantitative estimate of drug-likeness (QED) is 0.605. The number of nitrogens with one attached hydrogen (secondary N) is 1. The van der Waals surface area contributed by atoms with Crippen LogP contribution in [-0.2, 0) is 0 Å². The van der Waals surface area contributed by atoms with E-state index in [9.17, 15) is 0 Å². The van der Waals surface area contributed by atoms with E-state index < -0.39 is 0 Å². The second-order valence-electron chi connectivity index (χ2n) is 3.18. The van der Waals surface area contributed by atoms with Gasteiger partial charge in [-0.05, 0) is 10.4 Å². The summed E-state index contributed by atoms with van der Waals surface area (Å²) in [5, 5.41) is 14.1. The summed E-state index contributed by atoms with van der Waals surface area (Å²) >= 11 is 0. The summed E-state index contributed by atoms with van der Waals surface area (Å²) in [7, 11) is 0. The van der Waals surface area contributed by atoms with Gasteiger partial charge in [0.25, 0.3) is 0 Å². The van der Waals surface area contributed by atoms with Crippen LogP contribution in [0.25, 0.3) is 16.9 Å².